The molecule has 0 atom stereocenters. The van der Waals surface area contributed by atoms with Crippen molar-refractivity contribution in [2.75, 3.05) is 5.73 Å². The summed E-state index contributed by atoms with van der Waals surface area (Å²) >= 11 is 3.22. The Morgan fingerprint density at radius 1 is 1.44 bits per heavy atom. The van der Waals surface area contributed by atoms with Crippen LogP contribution in [-0.2, 0) is 6.42 Å². The maximum Gasteiger partial charge on any atom is 0.260 e. The Labute approximate surface area is 112 Å². The number of aryl methyl sites for hydroxylation is 1. The van der Waals surface area contributed by atoms with Crippen LogP contribution in [0.5, 0.6) is 0 Å². The van der Waals surface area contributed by atoms with Gasteiger partial charge in [-0.05, 0) is 24.4 Å². The first kappa shape index (κ1) is 11.4. The number of nitrogens with two attached hydrogens (primary N) is 1. The van der Waals surface area contributed by atoms with E-state index in [-0.39, 0.29) is 0 Å². The minimum absolute atomic E-state index is 0.503. The summed E-state index contributed by atoms with van der Waals surface area (Å²) < 4.78 is 5.26. The summed E-state index contributed by atoms with van der Waals surface area (Å²) in [5.41, 5.74) is 6.75. The molecule has 0 saturated carbocycles. The second-order valence-corrected chi connectivity index (χ2v) is 6.23. The normalized spacial score (nSPS) is 10.9. The lowest BCUT2D eigenvalue weighted by atomic mass is 10.3. The molecule has 0 amide bonds. The third-order valence-corrected chi connectivity index (χ3v) is 4.25. The van der Waals surface area contributed by atoms with Gasteiger partial charge in [-0.3, -0.25) is 0 Å². The number of anilines is 1. The van der Waals surface area contributed by atoms with E-state index < -0.39 is 0 Å². The molecule has 0 bridgehead atoms. The van der Waals surface area contributed by atoms with Crippen molar-refractivity contribution in [2.45, 2.75) is 13.3 Å². The highest BCUT2D eigenvalue weighted by Gasteiger charge is 2.14. The Balaban J connectivity index is 1.87. The zero-order valence-corrected chi connectivity index (χ0v) is 11.3. The van der Waals surface area contributed by atoms with Gasteiger partial charge in [0.2, 0.25) is 0 Å². The molecule has 0 radical (unpaired) electrons. The Kier molecular flexibility index (Phi) is 2.89. The van der Waals surface area contributed by atoms with E-state index in [2.05, 4.69) is 16.2 Å². The fraction of sp³-hybridized carbons (Fsp3) is 0.167. The van der Waals surface area contributed by atoms with E-state index in [1.54, 1.807) is 11.3 Å². The molecule has 92 valence electrons. The van der Waals surface area contributed by atoms with Crippen molar-refractivity contribution in [2.24, 2.45) is 0 Å². The molecule has 0 aromatic carbocycles. The van der Waals surface area contributed by atoms with E-state index >= 15 is 0 Å². The van der Waals surface area contributed by atoms with E-state index in [4.69, 9.17) is 10.3 Å². The van der Waals surface area contributed by atoms with Crippen LogP contribution < -0.4 is 5.73 Å². The Morgan fingerprint density at radius 2 is 2.33 bits per heavy atom. The summed E-state index contributed by atoms with van der Waals surface area (Å²) in [6.07, 6.45) is 0.699. The molecule has 0 unspecified atom stereocenters. The van der Waals surface area contributed by atoms with Gasteiger partial charge in [-0.1, -0.05) is 11.2 Å². The predicted molar refractivity (Wildman–Crippen MR) is 73.9 cm³/mol. The number of rotatable bonds is 3. The maximum absolute atomic E-state index is 5.91. The number of thiophene rings is 2. The van der Waals surface area contributed by atoms with Gasteiger partial charge in [-0.2, -0.15) is 4.98 Å². The number of hydrogen-bond acceptors (Lipinski definition) is 6. The first-order valence-electron chi connectivity index (χ1n) is 5.43. The molecule has 3 aromatic heterocycles. The first-order chi connectivity index (χ1) is 8.72. The van der Waals surface area contributed by atoms with Gasteiger partial charge < -0.3 is 10.3 Å². The predicted octanol–water partition coefficient (Wildman–Crippen LogP) is 3.34. The van der Waals surface area contributed by atoms with Crippen molar-refractivity contribution in [1.82, 2.24) is 10.1 Å². The highest BCUT2D eigenvalue weighted by atomic mass is 32.1. The Bertz CT molecular complexity index is 655. The summed E-state index contributed by atoms with van der Waals surface area (Å²) in [4.78, 5) is 6.74. The molecule has 18 heavy (non-hydrogen) atoms. The molecule has 3 heterocycles. The van der Waals surface area contributed by atoms with Crippen molar-refractivity contribution in [1.29, 1.82) is 0 Å². The molecule has 0 spiro atoms. The van der Waals surface area contributed by atoms with Crippen LogP contribution in [0.1, 0.15) is 15.6 Å². The van der Waals surface area contributed by atoms with Crippen LogP contribution in [0.15, 0.2) is 28.1 Å². The molecule has 0 saturated heterocycles. The largest absolute Gasteiger partial charge is 0.390 e. The van der Waals surface area contributed by atoms with Gasteiger partial charge in [0.15, 0.2) is 5.82 Å². The molecular formula is C12H11N3OS2. The van der Waals surface area contributed by atoms with Crippen LogP contribution in [0, 0.1) is 6.92 Å². The van der Waals surface area contributed by atoms with Crippen LogP contribution in [-0.4, -0.2) is 10.1 Å². The minimum Gasteiger partial charge on any atom is -0.390 e. The van der Waals surface area contributed by atoms with Crippen molar-refractivity contribution >= 4 is 27.7 Å². The Morgan fingerprint density at radius 3 is 3.00 bits per heavy atom. The lowest BCUT2D eigenvalue weighted by molar-refractivity contribution is 0.424. The molecule has 0 aliphatic heterocycles. The molecule has 3 rings (SSSR count). The van der Waals surface area contributed by atoms with E-state index in [0.717, 1.165) is 15.4 Å². The molecule has 0 aliphatic rings. The lowest BCUT2D eigenvalue weighted by Crippen LogP contribution is -1.88. The molecule has 0 fully saturated rings. The van der Waals surface area contributed by atoms with E-state index in [1.165, 1.54) is 16.2 Å². The van der Waals surface area contributed by atoms with Gasteiger partial charge in [0.05, 0.1) is 10.6 Å². The first-order valence-corrected chi connectivity index (χ1v) is 7.13. The smallest absolute Gasteiger partial charge is 0.260 e. The zero-order valence-electron chi connectivity index (χ0n) is 9.71. The summed E-state index contributed by atoms with van der Waals surface area (Å²) in [5, 5.41) is 6.75. The van der Waals surface area contributed by atoms with Crippen molar-refractivity contribution in [3.63, 3.8) is 0 Å². The topological polar surface area (TPSA) is 64.9 Å². The average Bonchev–Trinajstić information content (AvgIpc) is 3.01. The average molecular weight is 277 g/mol. The van der Waals surface area contributed by atoms with Gasteiger partial charge in [0.25, 0.3) is 5.89 Å². The second-order valence-electron chi connectivity index (χ2n) is 3.91. The zero-order chi connectivity index (χ0) is 12.5. The SMILES string of the molecule is Cc1cc(-c2nc(Cc3cccs3)no2)c(N)s1. The van der Waals surface area contributed by atoms with Gasteiger partial charge in [-0.15, -0.1) is 22.7 Å². The quantitative estimate of drug-likeness (QED) is 0.797. The molecular weight excluding hydrogens is 266 g/mol. The summed E-state index contributed by atoms with van der Waals surface area (Å²) in [7, 11) is 0. The Hall–Kier alpha value is -1.66. The maximum atomic E-state index is 5.91. The third kappa shape index (κ3) is 2.16. The van der Waals surface area contributed by atoms with E-state index in [9.17, 15) is 0 Å². The number of aromatic nitrogens is 2. The van der Waals surface area contributed by atoms with Crippen molar-refractivity contribution in [3.8, 4) is 11.5 Å². The van der Waals surface area contributed by atoms with E-state index in [1.807, 2.05) is 24.4 Å². The fourth-order valence-electron chi connectivity index (χ4n) is 1.70. The van der Waals surface area contributed by atoms with Crippen LogP contribution in [0.2, 0.25) is 0 Å². The van der Waals surface area contributed by atoms with Crippen LogP contribution in [0.3, 0.4) is 0 Å². The molecule has 4 nitrogen and oxygen atoms in total. The molecule has 3 aromatic rings. The van der Waals surface area contributed by atoms with Crippen molar-refractivity contribution in [3.05, 3.63) is 39.2 Å². The molecule has 0 aliphatic carbocycles. The van der Waals surface area contributed by atoms with Crippen LogP contribution in [0.25, 0.3) is 11.5 Å². The minimum atomic E-state index is 0.503. The molecule has 6 heteroatoms. The number of nitrogen functional groups attached to an aromatic ring is 1. The molecule has 2 N–H and O–H groups in total. The number of nitrogens with zero attached hydrogens (tertiary/aromatic N) is 2. The van der Waals surface area contributed by atoms with Crippen LogP contribution in [0.4, 0.5) is 5.00 Å². The second kappa shape index (κ2) is 4.55. The van der Waals surface area contributed by atoms with Gasteiger partial charge in [0, 0.05) is 16.2 Å². The fourth-order valence-corrected chi connectivity index (χ4v) is 3.18. The third-order valence-electron chi connectivity index (χ3n) is 2.49. The van der Waals surface area contributed by atoms with E-state index in [0.29, 0.717) is 18.1 Å². The number of hydrogen-bond donors (Lipinski definition) is 1. The highest BCUT2D eigenvalue weighted by Crippen LogP contribution is 2.32. The van der Waals surface area contributed by atoms with Gasteiger partial charge in [-0.25, -0.2) is 0 Å². The monoisotopic (exact) mass is 277 g/mol. The summed E-state index contributed by atoms with van der Waals surface area (Å²) in [5.74, 6) is 1.19. The van der Waals surface area contributed by atoms with Gasteiger partial charge >= 0.3 is 0 Å². The summed E-state index contributed by atoms with van der Waals surface area (Å²) in [6, 6.07) is 6.05. The standard InChI is InChI=1S/C12H11N3OS2/c1-7-5-9(11(13)18-7)12-14-10(15-16-12)6-8-3-2-4-17-8/h2-5H,6,13H2,1H3. The van der Waals surface area contributed by atoms with Gasteiger partial charge in [0.1, 0.15) is 0 Å². The highest BCUT2D eigenvalue weighted by molar-refractivity contribution is 7.16. The van der Waals surface area contributed by atoms with Crippen molar-refractivity contribution < 1.29 is 4.52 Å². The van der Waals surface area contributed by atoms with Crippen LogP contribution >= 0.6 is 22.7 Å². The lowest BCUT2D eigenvalue weighted by Gasteiger charge is -1.89. The summed E-state index contributed by atoms with van der Waals surface area (Å²) in [6.45, 7) is 2.01.